The average Bonchev–Trinajstić information content (AvgIpc) is 2.87. The van der Waals surface area contributed by atoms with Crippen LogP contribution in [-0.2, 0) is 0 Å². The van der Waals surface area contributed by atoms with Gasteiger partial charge in [-0.05, 0) is 27.1 Å². The molecule has 1 unspecified atom stereocenters. The molecule has 1 atom stereocenters. The number of hydrogen-bond acceptors (Lipinski definition) is 2. The van der Waals surface area contributed by atoms with Crippen molar-refractivity contribution in [2.75, 3.05) is 14.1 Å². The van der Waals surface area contributed by atoms with Gasteiger partial charge in [0.25, 0.3) is 0 Å². The maximum Gasteiger partial charge on any atom is 0.101 e. The summed E-state index contributed by atoms with van der Waals surface area (Å²) in [5.74, 6) is 0. The van der Waals surface area contributed by atoms with Crippen LogP contribution in [0.5, 0.6) is 0 Å². The van der Waals surface area contributed by atoms with Gasteiger partial charge in [-0.15, -0.1) is 0 Å². The van der Waals surface area contributed by atoms with E-state index in [0.29, 0.717) is 0 Å². The van der Waals surface area contributed by atoms with E-state index >= 15 is 0 Å². The second-order valence-corrected chi connectivity index (χ2v) is 5.27. The van der Waals surface area contributed by atoms with Crippen LogP contribution in [0.1, 0.15) is 13.1 Å². The van der Waals surface area contributed by atoms with E-state index < -0.39 is 0 Å². The molecule has 1 heterocycles. The van der Waals surface area contributed by atoms with Gasteiger partial charge in [0, 0.05) is 10.9 Å². The lowest BCUT2D eigenvalue weighted by Crippen LogP contribution is -2.23. The van der Waals surface area contributed by atoms with Gasteiger partial charge in [-0.3, -0.25) is 4.90 Å². The molecule has 3 heteroatoms. The minimum Gasteiger partial charge on any atom is -0.288 e. The number of hydrogen-bond donors (Lipinski definition) is 0. The first kappa shape index (κ1) is 12.9. The predicted molar refractivity (Wildman–Crippen MR) is 83.6 cm³/mol. The van der Waals surface area contributed by atoms with Gasteiger partial charge in [0.05, 0.1) is 5.52 Å². The number of aromatic nitrogens is 2. The van der Waals surface area contributed by atoms with Gasteiger partial charge in [0.1, 0.15) is 11.9 Å². The monoisotopic (exact) mass is 265 g/mol. The minimum atomic E-state index is 0.220. The van der Waals surface area contributed by atoms with E-state index in [1.807, 2.05) is 6.07 Å². The summed E-state index contributed by atoms with van der Waals surface area (Å²) < 4.78 is 2.09. The average molecular weight is 265 g/mol. The Morgan fingerprint density at radius 3 is 2.30 bits per heavy atom. The van der Waals surface area contributed by atoms with E-state index in [0.717, 1.165) is 11.3 Å². The fourth-order valence-corrected chi connectivity index (χ4v) is 2.40. The van der Waals surface area contributed by atoms with Crippen molar-refractivity contribution >= 4 is 10.9 Å². The molecule has 0 aliphatic heterocycles. The topological polar surface area (TPSA) is 21.1 Å². The molecule has 3 nitrogen and oxygen atoms in total. The molecule has 20 heavy (non-hydrogen) atoms. The fourth-order valence-electron chi connectivity index (χ4n) is 2.40. The molecular weight excluding hydrogens is 246 g/mol. The zero-order valence-electron chi connectivity index (χ0n) is 12.1. The molecule has 0 aliphatic rings. The summed E-state index contributed by atoms with van der Waals surface area (Å²) in [6, 6.07) is 18.8. The van der Waals surface area contributed by atoms with Crippen LogP contribution in [-0.4, -0.2) is 28.8 Å². The van der Waals surface area contributed by atoms with Gasteiger partial charge in [-0.25, -0.2) is 4.68 Å². The minimum absolute atomic E-state index is 0.220. The van der Waals surface area contributed by atoms with Crippen LogP contribution in [0, 0.1) is 0 Å². The van der Waals surface area contributed by atoms with Gasteiger partial charge >= 0.3 is 0 Å². The van der Waals surface area contributed by atoms with E-state index in [9.17, 15) is 0 Å². The molecule has 0 amide bonds. The van der Waals surface area contributed by atoms with Crippen molar-refractivity contribution in [1.82, 2.24) is 14.7 Å². The van der Waals surface area contributed by atoms with Gasteiger partial charge < -0.3 is 0 Å². The van der Waals surface area contributed by atoms with Crippen LogP contribution in [0.15, 0.2) is 54.6 Å². The third-order valence-corrected chi connectivity index (χ3v) is 3.76. The van der Waals surface area contributed by atoms with E-state index in [1.54, 1.807) is 0 Å². The number of rotatable bonds is 3. The Hall–Kier alpha value is -2.13. The highest BCUT2D eigenvalue weighted by Gasteiger charge is 2.16. The van der Waals surface area contributed by atoms with Crippen molar-refractivity contribution in [3.05, 3.63) is 54.6 Å². The molecule has 102 valence electrons. The van der Waals surface area contributed by atoms with Crippen molar-refractivity contribution in [3.63, 3.8) is 0 Å². The van der Waals surface area contributed by atoms with Crippen molar-refractivity contribution in [2.45, 2.75) is 13.1 Å². The summed E-state index contributed by atoms with van der Waals surface area (Å²) in [5.41, 5.74) is 3.39. The summed E-state index contributed by atoms with van der Waals surface area (Å²) in [7, 11) is 4.15. The normalized spacial score (nSPS) is 13.0. The summed E-state index contributed by atoms with van der Waals surface area (Å²) in [4.78, 5) is 2.16. The predicted octanol–water partition coefficient (Wildman–Crippen LogP) is 3.78. The summed E-state index contributed by atoms with van der Waals surface area (Å²) in [6.45, 7) is 2.16. The van der Waals surface area contributed by atoms with Gasteiger partial charge in [0.2, 0.25) is 0 Å². The van der Waals surface area contributed by atoms with Crippen LogP contribution in [0.25, 0.3) is 22.2 Å². The van der Waals surface area contributed by atoms with Crippen LogP contribution in [0.4, 0.5) is 0 Å². The molecule has 0 N–H and O–H groups in total. The molecule has 0 aliphatic carbocycles. The molecule has 3 aromatic rings. The van der Waals surface area contributed by atoms with E-state index in [1.165, 1.54) is 10.9 Å². The van der Waals surface area contributed by atoms with Crippen LogP contribution >= 0.6 is 0 Å². The zero-order valence-corrected chi connectivity index (χ0v) is 12.1. The van der Waals surface area contributed by atoms with Gasteiger partial charge in [-0.2, -0.15) is 5.10 Å². The number of nitrogens with zero attached hydrogens (tertiary/aromatic N) is 3. The lowest BCUT2D eigenvalue weighted by Gasteiger charge is -2.20. The van der Waals surface area contributed by atoms with Crippen molar-refractivity contribution in [3.8, 4) is 11.3 Å². The molecule has 0 fully saturated rings. The second kappa shape index (κ2) is 5.10. The molecule has 3 rings (SSSR count). The third-order valence-electron chi connectivity index (χ3n) is 3.76. The molecule has 0 saturated carbocycles. The van der Waals surface area contributed by atoms with Gasteiger partial charge in [-0.1, -0.05) is 48.5 Å². The molecule has 1 aromatic heterocycles. The van der Waals surface area contributed by atoms with Crippen molar-refractivity contribution in [2.24, 2.45) is 0 Å². The van der Waals surface area contributed by atoms with E-state index in [2.05, 4.69) is 79.1 Å². The number of fused-ring (bicyclic) bond motifs is 1. The summed E-state index contributed by atoms with van der Waals surface area (Å²) >= 11 is 0. The smallest absolute Gasteiger partial charge is 0.101 e. The first-order valence-corrected chi connectivity index (χ1v) is 6.87. The first-order chi connectivity index (χ1) is 9.68. The molecule has 0 radical (unpaired) electrons. The SMILES string of the molecule is CC(N(C)C)n1nc(-c2ccccc2)c2ccccc21. The summed E-state index contributed by atoms with van der Waals surface area (Å²) in [5, 5.41) is 6.06. The Kier molecular flexibility index (Phi) is 3.28. The van der Waals surface area contributed by atoms with E-state index in [-0.39, 0.29) is 6.17 Å². The molecule has 0 bridgehead atoms. The van der Waals surface area contributed by atoms with Crippen LogP contribution < -0.4 is 0 Å². The Morgan fingerprint density at radius 1 is 0.950 bits per heavy atom. The maximum atomic E-state index is 4.86. The quantitative estimate of drug-likeness (QED) is 0.718. The highest BCUT2D eigenvalue weighted by atomic mass is 15.4. The zero-order chi connectivity index (χ0) is 14.1. The van der Waals surface area contributed by atoms with Crippen molar-refractivity contribution in [1.29, 1.82) is 0 Å². The Bertz CT molecular complexity index is 713. The van der Waals surface area contributed by atoms with E-state index in [4.69, 9.17) is 5.10 Å². The Morgan fingerprint density at radius 2 is 1.60 bits per heavy atom. The second-order valence-electron chi connectivity index (χ2n) is 5.27. The van der Waals surface area contributed by atoms with Gasteiger partial charge in [0.15, 0.2) is 0 Å². The summed E-state index contributed by atoms with van der Waals surface area (Å²) in [6.07, 6.45) is 0.220. The molecule has 2 aromatic carbocycles. The largest absolute Gasteiger partial charge is 0.288 e. The lowest BCUT2D eigenvalue weighted by molar-refractivity contribution is 0.227. The Labute approximate surface area is 119 Å². The molecular formula is C17H19N3. The fraction of sp³-hybridized carbons (Fsp3) is 0.235. The maximum absolute atomic E-state index is 4.86. The number of benzene rings is 2. The van der Waals surface area contributed by atoms with Crippen LogP contribution in [0.2, 0.25) is 0 Å². The highest BCUT2D eigenvalue weighted by Crippen LogP contribution is 2.29. The highest BCUT2D eigenvalue weighted by molar-refractivity contribution is 5.93. The molecule has 0 saturated heterocycles. The first-order valence-electron chi connectivity index (χ1n) is 6.87. The standard InChI is InChI=1S/C17H19N3/c1-13(19(2)3)20-16-12-8-7-11-15(16)17(18-20)14-9-5-4-6-10-14/h4-13H,1-3H3. The lowest BCUT2D eigenvalue weighted by atomic mass is 10.1. The van der Waals surface area contributed by atoms with Crippen LogP contribution in [0.3, 0.4) is 0 Å². The number of para-hydroxylation sites is 1. The third kappa shape index (κ3) is 2.10. The van der Waals surface area contributed by atoms with Crippen molar-refractivity contribution < 1.29 is 0 Å². The Balaban J connectivity index is 2.24. The molecule has 0 spiro atoms.